The highest BCUT2D eigenvalue weighted by atomic mass is 32.1. The smallest absolute Gasteiger partial charge is 0.269 e. The molecule has 0 fully saturated rings. The van der Waals surface area contributed by atoms with Crippen molar-refractivity contribution in [2.24, 2.45) is 0 Å². The van der Waals surface area contributed by atoms with Crippen LogP contribution in [0.1, 0.15) is 21.6 Å². The summed E-state index contributed by atoms with van der Waals surface area (Å²) in [7, 11) is 0. The number of nitro groups is 1. The molecule has 7 heteroatoms. The Morgan fingerprint density at radius 1 is 1.16 bits per heavy atom. The molecule has 25 heavy (non-hydrogen) atoms. The normalized spacial score (nSPS) is 10.4. The lowest BCUT2D eigenvalue weighted by Crippen LogP contribution is -2.22. The first-order valence-electron chi connectivity index (χ1n) is 7.57. The molecule has 0 aliphatic heterocycles. The molecule has 6 nitrogen and oxygen atoms in total. The third kappa shape index (κ3) is 4.07. The van der Waals surface area contributed by atoms with Crippen molar-refractivity contribution >= 4 is 22.9 Å². The van der Waals surface area contributed by atoms with E-state index in [0.717, 1.165) is 16.3 Å². The van der Waals surface area contributed by atoms with Crippen LogP contribution in [0.3, 0.4) is 0 Å². The number of nitrogens with one attached hydrogen (secondary N) is 1. The number of nitro benzene ring substituents is 1. The van der Waals surface area contributed by atoms with Crippen LogP contribution in [-0.4, -0.2) is 15.8 Å². The molecule has 1 heterocycles. The van der Waals surface area contributed by atoms with Gasteiger partial charge in [-0.2, -0.15) is 0 Å². The maximum absolute atomic E-state index is 12.1. The summed E-state index contributed by atoms with van der Waals surface area (Å²) in [5, 5.41) is 16.2. The molecular formula is C18H15N3O3S. The molecule has 3 rings (SSSR count). The van der Waals surface area contributed by atoms with Crippen LogP contribution in [0.5, 0.6) is 0 Å². The fraction of sp³-hybridized carbons (Fsp3) is 0.111. The van der Waals surface area contributed by atoms with Crippen molar-refractivity contribution < 1.29 is 9.72 Å². The largest absolute Gasteiger partial charge is 0.346 e. The summed E-state index contributed by atoms with van der Waals surface area (Å²) in [6.45, 7) is 2.34. The Kier molecular flexibility index (Phi) is 4.85. The number of amides is 1. The predicted molar refractivity (Wildman–Crippen MR) is 96.6 cm³/mol. The fourth-order valence-electron chi connectivity index (χ4n) is 2.22. The van der Waals surface area contributed by atoms with E-state index in [-0.39, 0.29) is 11.6 Å². The van der Waals surface area contributed by atoms with Crippen molar-refractivity contribution in [2.45, 2.75) is 13.5 Å². The number of aromatic nitrogens is 1. The summed E-state index contributed by atoms with van der Waals surface area (Å²) >= 11 is 1.52. The number of benzene rings is 2. The van der Waals surface area contributed by atoms with Gasteiger partial charge in [-0.05, 0) is 19.1 Å². The van der Waals surface area contributed by atoms with E-state index >= 15 is 0 Å². The average molecular weight is 353 g/mol. The van der Waals surface area contributed by atoms with Gasteiger partial charge >= 0.3 is 0 Å². The summed E-state index contributed by atoms with van der Waals surface area (Å²) in [4.78, 5) is 26.8. The Labute approximate surface area is 148 Å². The molecule has 0 spiro atoms. The zero-order chi connectivity index (χ0) is 17.8. The summed E-state index contributed by atoms with van der Waals surface area (Å²) in [5.74, 6) is -0.292. The van der Waals surface area contributed by atoms with Crippen LogP contribution in [-0.2, 0) is 6.54 Å². The van der Waals surface area contributed by atoms with E-state index in [0.29, 0.717) is 12.1 Å². The zero-order valence-corrected chi connectivity index (χ0v) is 14.2. The lowest BCUT2D eigenvalue weighted by atomic mass is 10.2. The quantitative estimate of drug-likeness (QED) is 0.556. The summed E-state index contributed by atoms with van der Waals surface area (Å²) in [6.07, 6.45) is 0. The maximum atomic E-state index is 12.1. The van der Waals surface area contributed by atoms with Gasteiger partial charge in [-0.3, -0.25) is 14.9 Å². The van der Waals surface area contributed by atoms with Gasteiger partial charge in [0.1, 0.15) is 5.01 Å². The van der Waals surface area contributed by atoms with Crippen molar-refractivity contribution in [2.75, 3.05) is 0 Å². The molecule has 2 aromatic carbocycles. The fourth-order valence-corrected chi connectivity index (χ4v) is 3.05. The van der Waals surface area contributed by atoms with E-state index in [1.807, 2.05) is 36.6 Å². The summed E-state index contributed by atoms with van der Waals surface area (Å²) in [5.41, 5.74) is 3.34. The first kappa shape index (κ1) is 16.8. The van der Waals surface area contributed by atoms with Gasteiger partial charge in [-0.1, -0.05) is 29.8 Å². The minimum atomic E-state index is -0.496. The number of aryl methyl sites for hydroxylation is 1. The highest BCUT2D eigenvalue weighted by Crippen LogP contribution is 2.24. The Bertz CT molecular complexity index is 902. The second-order valence-corrected chi connectivity index (χ2v) is 6.35. The standard InChI is InChI=1S/C18H15N3O3S/c1-12-2-4-14(5-3-12)18-20-15(11-25-18)10-19-17(22)13-6-8-16(9-7-13)21(23)24/h2-9,11H,10H2,1H3,(H,19,22). The van der Waals surface area contributed by atoms with Gasteiger partial charge in [0.2, 0.25) is 0 Å². The minimum absolute atomic E-state index is 0.0428. The number of thiazole rings is 1. The molecule has 1 aromatic heterocycles. The third-order valence-corrected chi connectivity index (χ3v) is 4.56. The van der Waals surface area contributed by atoms with Crippen molar-refractivity contribution in [1.29, 1.82) is 0 Å². The number of hydrogen-bond donors (Lipinski definition) is 1. The van der Waals surface area contributed by atoms with Crippen LogP contribution < -0.4 is 5.32 Å². The topological polar surface area (TPSA) is 85.1 Å². The van der Waals surface area contributed by atoms with E-state index in [1.165, 1.54) is 41.2 Å². The van der Waals surface area contributed by atoms with Gasteiger partial charge in [-0.15, -0.1) is 11.3 Å². The van der Waals surface area contributed by atoms with E-state index in [2.05, 4.69) is 10.3 Å². The van der Waals surface area contributed by atoms with Crippen LogP contribution in [0.4, 0.5) is 5.69 Å². The number of hydrogen-bond acceptors (Lipinski definition) is 5. The first-order chi connectivity index (χ1) is 12.0. The van der Waals surface area contributed by atoms with Gasteiger partial charge < -0.3 is 5.32 Å². The van der Waals surface area contributed by atoms with Crippen molar-refractivity contribution in [3.8, 4) is 10.6 Å². The second kappa shape index (κ2) is 7.23. The molecule has 0 unspecified atom stereocenters. The molecule has 1 N–H and O–H groups in total. The number of rotatable bonds is 5. The molecule has 0 radical (unpaired) electrons. The molecule has 0 atom stereocenters. The van der Waals surface area contributed by atoms with Crippen molar-refractivity contribution in [1.82, 2.24) is 10.3 Å². The molecular weight excluding hydrogens is 338 g/mol. The molecule has 126 valence electrons. The van der Waals surface area contributed by atoms with E-state index in [4.69, 9.17) is 0 Å². The molecule has 0 saturated heterocycles. The van der Waals surface area contributed by atoms with Gasteiger partial charge in [0.05, 0.1) is 17.2 Å². The van der Waals surface area contributed by atoms with E-state index in [9.17, 15) is 14.9 Å². The van der Waals surface area contributed by atoms with Gasteiger partial charge in [0, 0.05) is 28.6 Å². The summed E-state index contributed by atoms with van der Waals surface area (Å²) in [6, 6.07) is 13.6. The molecule has 1 amide bonds. The van der Waals surface area contributed by atoms with Gasteiger partial charge in [0.15, 0.2) is 0 Å². The SMILES string of the molecule is Cc1ccc(-c2nc(CNC(=O)c3ccc([N+](=O)[O-])cc3)cs2)cc1. The van der Waals surface area contributed by atoms with E-state index < -0.39 is 4.92 Å². The molecule has 0 aliphatic carbocycles. The molecule has 0 saturated carbocycles. The van der Waals surface area contributed by atoms with Gasteiger partial charge in [-0.25, -0.2) is 4.98 Å². The monoisotopic (exact) mass is 353 g/mol. The van der Waals surface area contributed by atoms with Gasteiger partial charge in [0.25, 0.3) is 11.6 Å². The number of carbonyl (C=O) groups is 1. The Morgan fingerprint density at radius 2 is 1.84 bits per heavy atom. The van der Waals surface area contributed by atoms with E-state index in [1.54, 1.807) is 0 Å². The Balaban J connectivity index is 1.62. The van der Waals surface area contributed by atoms with Crippen LogP contribution in [0, 0.1) is 17.0 Å². The Morgan fingerprint density at radius 3 is 2.48 bits per heavy atom. The summed E-state index contributed by atoms with van der Waals surface area (Å²) < 4.78 is 0. The molecule has 3 aromatic rings. The van der Waals surface area contributed by atoms with Crippen LogP contribution in [0.2, 0.25) is 0 Å². The zero-order valence-electron chi connectivity index (χ0n) is 13.4. The number of non-ortho nitro benzene ring substituents is 1. The average Bonchev–Trinajstić information content (AvgIpc) is 3.09. The van der Waals surface area contributed by atoms with Crippen LogP contribution >= 0.6 is 11.3 Å². The second-order valence-electron chi connectivity index (χ2n) is 5.50. The lowest BCUT2D eigenvalue weighted by Gasteiger charge is -2.03. The third-order valence-electron chi connectivity index (χ3n) is 3.62. The first-order valence-corrected chi connectivity index (χ1v) is 8.45. The predicted octanol–water partition coefficient (Wildman–Crippen LogP) is 3.96. The van der Waals surface area contributed by atoms with Crippen LogP contribution in [0.25, 0.3) is 10.6 Å². The Hall–Kier alpha value is -3.06. The minimum Gasteiger partial charge on any atom is -0.346 e. The molecule has 0 aliphatic rings. The van der Waals surface area contributed by atoms with Crippen molar-refractivity contribution in [3.05, 3.63) is 80.8 Å². The maximum Gasteiger partial charge on any atom is 0.269 e. The highest BCUT2D eigenvalue weighted by Gasteiger charge is 2.10. The highest BCUT2D eigenvalue weighted by molar-refractivity contribution is 7.13. The number of nitrogens with zero attached hydrogens (tertiary/aromatic N) is 2. The lowest BCUT2D eigenvalue weighted by molar-refractivity contribution is -0.384. The molecule has 0 bridgehead atoms. The number of carbonyl (C=O) groups excluding carboxylic acids is 1. The van der Waals surface area contributed by atoms with Crippen LogP contribution in [0.15, 0.2) is 53.9 Å². The van der Waals surface area contributed by atoms with Crippen molar-refractivity contribution in [3.63, 3.8) is 0 Å².